The molecule has 0 aromatic carbocycles. The number of ether oxygens (including phenoxy) is 4. The average Bonchev–Trinajstić information content (AvgIpc) is 3.23. The predicted octanol–water partition coefficient (Wildman–Crippen LogP) is 0.00840. The SMILES string of the molecule is CO[P+](=O)OCCO[P+](=O)OC(CO[P+](=O)OCCCCCOC1OC(CO)C(O)C(O)C1NC(C)=O)CO[P+](=O)OCCCCCOC1OC(CO)C(O)C(O)C1NC(C)=O. The lowest BCUT2D eigenvalue weighted by Gasteiger charge is -2.42. The minimum Gasteiger partial charge on any atom is -0.394 e. The van der Waals surface area contributed by atoms with Crippen LogP contribution in [-0.2, 0) is 83.0 Å². The molecule has 2 fully saturated rings. The summed E-state index contributed by atoms with van der Waals surface area (Å²) < 4.78 is 111. The quantitative estimate of drug-likeness (QED) is 0.0311. The molecule has 62 heavy (non-hydrogen) atoms. The molecular weight excluding hydrogens is 920 g/mol. The van der Waals surface area contributed by atoms with E-state index in [4.69, 9.17) is 50.6 Å². The van der Waals surface area contributed by atoms with Crippen molar-refractivity contribution in [3.05, 3.63) is 0 Å². The van der Waals surface area contributed by atoms with Crippen LogP contribution >= 0.6 is 33.0 Å². The summed E-state index contributed by atoms with van der Waals surface area (Å²) in [6.07, 6.45) is -8.86. The Morgan fingerprint density at radius 3 is 1.32 bits per heavy atom. The van der Waals surface area contributed by atoms with Gasteiger partial charge in [-0.05, 0) is 38.5 Å². The van der Waals surface area contributed by atoms with E-state index < -0.39 is 139 Å². The fourth-order valence-corrected chi connectivity index (χ4v) is 7.82. The molecule has 2 saturated heterocycles. The largest absolute Gasteiger partial charge is 0.697 e. The molecule has 2 rings (SSSR count). The van der Waals surface area contributed by atoms with Gasteiger partial charge in [-0.3, -0.25) is 9.59 Å². The molecule has 0 radical (unpaired) electrons. The number of hydrogen-bond donors (Lipinski definition) is 8. The molecule has 0 saturated carbocycles. The van der Waals surface area contributed by atoms with Crippen molar-refractivity contribution in [1.29, 1.82) is 0 Å². The molecule has 0 aromatic rings. The van der Waals surface area contributed by atoms with E-state index in [0.717, 1.165) is 7.11 Å². The second-order valence-corrected chi connectivity index (χ2v) is 17.4. The highest BCUT2D eigenvalue weighted by Gasteiger charge is 2.46. The van der Waals surface area contributed by atoms with E-state index in [1.165, 1.54) is 13.8 Å². The molecule has 0 aliphatic carbocycles. The van der Waals surface area contributed by atoms with Gasteiger partial charge in [-0.2, -0.15) is 0 Å². The highest BCUT2D eigenvalue weighted by Crippen LogP contribution is 2.33. The molecular formula is C32H60N2O24P4+4. The van der Waals surface area contributed by atoms with Crippen molar-refractivity contribution in [3.63, 3.8) is 0 Å². The molecule has 30 heteroatoms. The number of aliphatic hydroxyl groups excluding tert-OH is 6. The standard InChI is InChI=1S/C32H58N2O24P4/c1-20(37)33-25-29(41)27(39)23(16-35)56-31(25)48-10-6-4-8-12-50-60(44)54-18-22(58-62(46)53-15-14-52-59(43)47-3)19-55-61(45)51-13-9-5-7-11-49-32-26(34-21(2)38)30(42)28(40)24(17-36)57-32/h22-32,35-36,39-42H,4-19H2,1-3H3/q+2/p+2. The first-order valence-corrected chi connectivity index (χ1v) is 23.9. The molecule has 8 N–H and O–H groups in total. The number of rotatable bonds is 34. The van der Waals surface area contributed by atoms with Crippen molar-refractivity contribution in [3.8, 4) is 0 Å². The Morgan fingerprint density at radius 1 is 0.548 bits per heavy atom. The van der Waals surface area contributed by atoms with E-state index in [1.807, 2.05) is 0 Å². The highest BCUT2D eigenvalue weighted by molar-refractivity contribution is 7.34. The van der Waals surface area contributed by atoms with Gasteiger partial charge in [-0.1, -0.05) is 0 Å². The van der Waals surface area contributed by atoms with Crippen molar-refractivity contribution in [1.82, 2.24) is 10.6 Å². The lowest BCUT2D eigenvalue weighted by atomic mass is 9.97. The van der Waals surface area contributed by atoms with Crippen molar-refractivity contribution in [2.45, 2.75) is 120 Å². The van der Waals surface area contributed by atoms with Crippen LogP contribution in [0, 0.1) is 0 Å². The van der Waals surface area contributed by atoms with Gasteiger partial charge in [0.2, 0.25) is 11.8 Å². The van der Waals surface area contributed by atoms with Gasteiger partial charge >= 0.3 is 33.0 Å². The summed E-state index contributed by atoms with van der Waals surface area (Å²) >= 11 is 0. The van der Waals surface area contributed by atoms with Crippen molar-refractivity contribution in [2.75, 3.05) is 73.2 Å². The molecule has 0 spiro atoms. The molecule has 2 aliphatic rings. The Hall–Kier alpha value is -1.38. The monoisotopic (exact) mass is 980 g/mol. The van der Waals surface area contributed by atoms with Crippen molar-refractivity contribution < 1.29 is 114 Å². The van der Waals surface area contributed by atoms with Gasteiger partial charge in [0.05, 0.1) is 20.3 Å². The van der Waals surface area contributed by atoms with Gasteiger partial charge in [-0.25, -0.2) is 0 Å². The van der Waals surface area contributed by atoms with Crippen molar-refractivity contribution in [2.24, 2.45) is 0 Å². The molecule has 14 atom stereocenters. The first-order chi connectivity index (χ1) is 29.6. The number of hydrogen-bond acceptors (Lipinski definition) is 24. The number of carbonyl (C=O) groups excluding carboxylic acids is 2. The molecule has 358 valence electrons. The van der Waals surface area contributed by atoms with Crippen molar-refractivity contribution >= 4 is 44.8 Å². The van der Waals surface area contributed by atoms with Gasteiger partial charge in [0.15, 0.2) is 18.7 Å². The van der Waals surface area contributed by atoms with E-state index in [9.17, 15) is 58.5 Å². The summed E-state index contributed by atoms with van der Waals surface area (Å²) in [5.41, 5.74) is 0. The zero-order chi connectivity index (χ0) is 46.0. The fraction of sp³-hybridized carbons (Fsp3) is 0.938. The van der Waals surface area contributed by atoms with Crippen LogP contribution in [0.4, 0.5) is 0 Å². The Morgan fingerprint density at radius 2 is 0.935 bits per heavy atom. The van der Waals surface area contributed by atoms with Crippen LogP contribution in [0.15, 0.2) is 0 Å². The third-order valence-electron chi connectivity index (χ3n) is 8.63. The van der Waals surface area contributed by atoms with E-state index in [2.05, 4.69) is 15.2 Å². The number of aliphatic hydroxyl groups is 6. The van der Waals surface area contributed by atoms with E-state index in [0.29, 0.717) is 38.5 Å². The van der Waals surface area contributed by atoms with Crippen LogP contribution < -0.4 is 10.6 Å². The third-order valence-corrected chi connectivity index (χ3v) is 11.7. The highest BCUT2D eigenvalue weighted by atomic mass is 31.1. The Labute approximate surface area is 361 Å². The van der Waals surface area contributed by atoms with Gasteiger partial charge in [0.1, 0.15) is 88.3 Å². The first-order valence-electron chi connectivity index (χ1n) is 19.5. The topological polar surface area (TPSA) is 359 Å². The second-order valence-electron chi connectivity index (χ2n) is 13.5. The molecule has 26 nitrogen and oxygen atoms in total. The predicted molar refractivity (Wildman–Crippen MR) is 208 cm³/mol. The zero-order valence-electron chi connectivity index (χ0n) is 34.5. The summed E-state index contributed by atoms with van der Waals surface area (Å²) in [6, 6.07) is -2.16. The molecule has 2 amide bonds. The third kappa shape index (κ3) is 22.2. The Bertz CT molecular complexity index is 1300. The number of amides is 2. The maximum absolute atomic E-state index is 12.4. The van der Waals surface area contributed by atoms with Crippen LogP contribution in [0.2, 0.25) is 0 Å². The minimum atomic E-state index is -2.86. The van der Waals surface area contributed by atoms with Gasteiger partial charge in [0.25, 0.3) is 0 Å². The molecule has 0 bridgehead atoms. The summed E-state index contributed by atoms with van der Waals surface area (Å²) in [5, 5.41) is 64.8. The van der Waals surface area contributed by atoms with Crippen LogP contribution in [0.1, 0.15) is 52.4 Å². The smallest absolute Gasteiger partial charge is 0.394 e. The number of unbranched alkanes of at least 4 members (excludes halogenated alkanes) is 4. The van der Waals surface area contributed by atoms with Crippen LogP contribution in [0.3, 0.4) is 0 Å². The molecule has 2 heterocycles. The van der Waals surface area contributed by atoms with E-state index in [1.54, 1.807) is 0 Å². The van der Waals surface area contributed by atoms with Gasteiger partial charge in [0, 0.05) is 45.3 Å². The van der Waals surface area contributed by atoms with E-state index in [-0.39, 0.29) is 39.6 Å². The Balaban J connectivity index is 1.73. The minimum absolute atomic E-state index is 0.0144. The maximum Gasteiger partial charge on any atom is 0.697 e. The zero-order valence-corrected chi connectivity index (χ0v) is 38.1. The summed E-state index contributed by atoms with van der Waals surface area (Å²) in [5.74, 6) is -0.978. The van der Waals surface area contributed by atoms with Crippen LogP contribution in [0.5, 0.6) is 0 Å². The maximum atomic E-state index is 12.4. The lowest BCUT2D eigenvalue weighted by Crippen LogP contribution is -2.64. The van der Waals surface area contributed by atoms with Crippen LogP contribution in [-0.4, -0.2) is 183 Å². The summed E-state index contributed by atoms with van der Waals surface area (Å²) in [4.78, 5) is 23.2. The first kappa shape index (κ1) is 56.7. The lowest BCUT2D eigenvalue weighted by molar-refractivity contribution is -0.270. The normalized spacial score (nSPS) is 27.9. The summed E-state index contributed by atoms with van der Waals surface area (Å²) in [7, 11) is -9.52. The second kappa shape index (κ2) is 32.3. The molecule has 0 aromatic heterocycles. The fourth-order valence-electron chi connectivity index (χ4n) is 5.56. The number of nitrogens with one attached hydrogen (secondary N) is 2. The Kier molecular flexibility index (Phi) is 29.6. The average molecular weight is 981 g/mol. The van der Waals surface area contributed by atoms with Gasteiger partial charge < -0.3 is 60.2 Å². The molecule has 2 aliphatic heterocycles. The van der Waals surface area contributed by atoms with Crippen LogP contribution in [0.25, 0.3) is 0 Å². The van der Waals surface area contributed by atoms with Gasteiger partial charge in [-0.15, -0.1) is 36.2 Å². The summed E-state index contributed by atoms with van der Waals surface area (Å²) in [6.45, 7) is -0.148. The molecule has 14 unspecified atom stereocenters. The number of carbonyl (C=O) groups is 2. The van der Waals surface area contributed by atoms with E-state index >= 15 is 0 Å².